The van der Waals surface area contributed by atoms with Gasteiger partial charge in [-0.3, -0.25) is 0 Å². The van der Waals surface area contributed by atoms with Crippen molar-refractivity contribution in [3.05, 3.63) is 55.9 Å². The molecular weight excluding hydrogens is 325 g/mol. The van der Waals surface area contributed by atoms with E-state index in [-0.39, 0.29) is 11.9 Å². The van der Waals surface area contributed by atoms with Crippen molar-refractivity contribution in [1.82, 2.24) is 5.32 Å². The zero-order valence-electron chi connectivity index (χ0n) is 11.0. The maximum absolute atomic E-state index is 13.7. The molecule has 1 aromatic heterocycles. The minimum Gasteiger partial charge on any atom is -0.306 e. The van der Waals surface area contributed by atoms with Gasteiger partial charge in [0.2, 0.25) is 0 Å². The van der Waals surface area contributed by atoms with Crippen molar-refractivity contribution in [2.75, 3.05) is 6.54 Å². The van der Waals surface area contributed by atoms with Gasteiger partial charge in [-0.15, -0.1) is 11.3 Å². The van der Waals surface area contributed by atoms with Gasteiger partial charge in [0.25, 0.3) is 0 Å². The Morgan fingerprint density at radius 3 is 2.68 bits per heavy atom. The monoisotopic (exact) mass is 341 g/mol. The molecule has 0 fully saturated rings. The Morgan fingerprint density at radius 1 is 1.32 bits per heavy atom. The van der Waals surface area contributed by atoms with E-state index in [9.17, 15) is 4.39 Å². The molecule has 0 aliphatic heterocycles. The van der Waals surface area contributed by atoms with Gasteiger partial charge >= 0.3 is 0 Å². The average molecular weight is 342 g/mol. The Morgan fingerprint density at radius 2 is 2.11 bits per heavy atom. The highest BCUT2D eigenvalue weighted by Gasteiger charge is 2.16. The van der Waals surface area contributed by atoms with Crippen molar-refractivity contribution in [1.29, 1.82) is 0 Å². The number of hydrogen-bond donors (Lipinski definition) is 1. The van der Waals surface area contributed by atoms with E-state index in [2.05, 4.69) is 47.2 Å². The van der Waals surface area contributed by atoms with Crippen LogP contribution in [-0.4, -0.2) is 6.54 Å². The second kappa shape index (κ2) is 6.64. The maximum Gasteiger partial charge on any atom is 0.137 e. The van der Waals surface area contributed by atoms with E-state index >= 15 is 0 Å². The van der Waals surface area contributed by atoms with E-state index in [4.69, 9.17) is 0 Å². The van der Waals surface area contributed by atoms with Crippen LogP contribution in [0.4, 0.5) is 4.39 Å². The standard InChI is InChI=1S/C15H17BrFNS/c1-3-8-18-15(14-7-4-10(2)19-14)11-5-6-12(16)13(17)9-11/h4-7,9,15,18H,3,8H2,1-2H3. The van der Waals surface area contributed by atoms with Gasteiger partial charge in [0.1, 0.15) is 5.82 Å². The molecule has 1 heterocycles. The molecule has 2 aromatic rings. The predicted molar refractivity (Wildman–Crippen MR) is 83.3 cm³/mol. The summed E-state index contributed by atoms with van der Waals surface area (Å²) >= 11 is 4.95. The molecule has 4 heteroatoms. The Balaban J connectivity index is 2.33. The van der Waals surface area contributed by atoms with Gasteiger partial charge in [0, 0.05) is 9.75 Å². The number of halogens is 2. The largest absolute Gasteiger partial charge is 0.306 e. The molecule has 1 unspecified atom stereocenters. The molecule has 1 N–H and O–H groups in total. The lowest BCUT2D eigenvalue weighted by Crippen LogP contribution is -2.22. The molecule has 0 spiro atoms. The van der Waals surface area contributed by atoms with Gasteiger partial charge in [-0.1, -0.05) is 13.0 Å². The molecule has 2 rings (SSSR count). The third kappa shape index (κ3) is 3.65. The highest BCUT2D eigenvalue weighted by Crippen LogP contribution is 2.30. The van der Waals surface area contributed by atoms with Crippen LogP contribution in [0.1, 0.15) is 34.7 Å². The fourth-order valence-corrected chi connectivity index (χ4v) is 3.20. The van der Waals surface area contributed by atoms with Crippen LogP contribution < -0.4 is 5.32 Å². The normalized spacial score (nSPS) is 12.6. The second-order valence-corrected chi connectivity index (χ2v) is 6.68. The summed E-state index contributed by atoms with van der Waals surface area (Å²) in [6, 6.07) is 9.64. The van der Waals surface area contributed by atoms with Gasteiger partial charge in [-0.05, 0) is 65.6 Å². The van der Waals surface area contributed by atoms with Crippen molar-refractivity contribution in [2.45, 2.75) is 26.3 Å². The minimum absolute atomic E-state index is 0.0706. The molecule has 0 radical (unpaired) electrons. The van der Waals surface area contributed by atoms with E-state index in [1.807, 2.05) is 6.07 Å². The van der Waals surface area contributed by atoms with Crippen LogP contribution in [0.5, 0.6) is 0 Å². The molecule has 0 aliphatic carbocycles. The van der Waals surface area contributed by atoms with Gasteiger partial charge in [0.15, 0.2) is 0 Å². The lowest BCUT2D eigenvalue weighted by atomic mass is 10.1. The molecule has 1 aromatic carbocycles. The molecule has 1 nitrogen and oxygen atoms in total. The number of benzene rings is 1. The van der Waals surface area contributed by atoms with Crippen molar-refractivity contribution >= 4 is 27.3 Å². The molecule has 0 saturated carbocycles. The molecule has 19 heavy (non-hydrogen) atoms. The number of nitrogens with one attached hydrogen (secondary N) is 1. The Kier molecular flexibility index (Phi) is 5.13. The smallest absolute Gasteiger partial charge is 0.137 e. The van der Waals surface area contributed by atoms with E-state index < -0.39 is 0 Å². The lowest BCUT2D eigenvalue weighted by molar-refractivity contribution is 0.588. The quantitative estimate of drug-likeness (QED) is 0.802. The topological polar surface area (TPSA) is 12.0 Å². The molecule has 0 saturated heterocycles. The Bertz CT molecular complexity index is 553. The molecule has 0 amide bonds. The van der Waals surface area contributed by atoms with Crippen LogP contribution in [-0.2, 0) is 0 Å². The summed E-state index contributed by atoms with van der Waals surface area (Å²) in [5, 5.41) is 3.49. The summed E-state index contributed by atoms with van der Waals surface area (Å²) in [5.74, 6) is -0.214. The van der Waals surface area contributed by atoms with E-state index in [1.165, 1.54) is 9.75 Å². The van der Waals surface area contributed by atoms with Crippen molar-refractivity contribution in [3.8, 4) is 0 Å². The van der Waals surface area contributed by atoms with Crippen LogP contribution in [0, 0.1) is 12.7 Å². The zero-order chi connectivity index (χ0) is 13.8. The van der Waals surface area contributed by atoms with Crippen LogP contribution in [0.3, 0.4) is 0 Å². The Hall–Kier alpha value is -0.710. The van der Waals surface area contributed by atoms with Crippen LogP contribution in [0.2, 0.25) is 0 Å². The van der Waals surface area contributed by atoms with Crippen molar-refractivity contribution < 1.29 is 4.39 Å². The summed E-state index contributed by atoms with van der Waals surface area (Å²) in [5.41, 5.74) is 0.969. The molecular formula is C15H17BrFNS. The highest BCUT2D eigenvalue weighted by atomic mass is 79.9. The summed E-state index contributed by atoms with van der Waals surface area (Å²) in [6.45, 7) is 5.14. The SMILES string of the molecule is CCCNC(c1ccc(Br)c(F)c1)c1ccc(C)s1. The summed E-state index contributed by atoms with van der Waals surface area (Å²) < 4.78 is 14.2. The fraction of sp³-hybridized carbons (Fsp3) is 0.333. The first-order chi connectivity index (χ1) is 9.11. The molecule has 0 aliphatic rings. The van der Waals surface area contributed by atoms with Crippen molar-refractivity contribution in [3.63, 3.8) is 0 Å². The van der Waals surface area contributed by atoms with Gasteiger partial charge in [0.05, 0.1) is 10.5 Å². The zero-order valence-corrected chi connectivity index (χ0v) is 13.4. The van der Waals surface area contributed by atoms with E-state index in [0.717, 1.165) is 18.5 Å². The summed E-state index contributed by atoms with van der Waals surface area (Å²) in [4.78, 5) is 2.50. The van der Waals surface area contributed by atoms with E-state index in [0.29, 0.717) is 4.47 Å². The first-order valence-electron chi connectivity index (χ1n) is 6.36. The third-order valence-electron chi connectivity index (χ3n) is 2.92. The lowest BCUT2D eigenvalue weighted by Gasteiger charge is -2.18. The molecule has 102 valence electrons. The van der Waals surface area contributed by atoms with E-state index in [1.54, 1.807) is 23.5 Å². The first kappa shape index (κ1) is 14.7. The maximum atomic E-state index is 13.7. The first-order valence-corrected chi connectivity index (χ1v) is 7.97. The van der Waals surface area contributed by atoms with Gasteiger partial charge < -0.3 is 5.32 Å². The van der Waals surface area contributed by atoms with Gasteiger partial charge in [-0.25, -0.2) is 4.39 Å². The van der Waals surface area contributed by atoms with Crippen LogP contribution in [0.25, 0.3) is 0 Å². The average Bonchev–Trinajstić information content (AvgIpc) is 2.80. The Labute approximate surface area is 126 Å². The van der Waals surface area contributed by atoms with Crippen LogP contribution in [0.15, 0.2) is 34.8 Å². The second-order valence-electron chi connectivity index (χ2n) is 4.51. The fourth-order valence-electron chi connectivity index (χ4n) is 1.97. The molecule has 0 bridgehead atoms. The number of hydrogen-bond acceptors (Lipinski definition) is 2. The van der Waals surface area contributed by atoms with Gasteiger partial charge in [-0.2, -0.15) is 0 Å². The number of rotatable bonds is 5. The summed E-state index contributed by atoms with van der Waals surface area (Å²) in [7, 11) is 0. The minimum atomic E-state index is -0.214. The highest BCUT2D eigenvalue weighted by molar-refractivity contribution is 9.10. The third-order valence-corrected chi connectivity index (χ3v) is 4.63. The summed E-state index contributed by atoms with van der Waals surface area (Å²) in [6.07, 6.45) is 1.06. The number of aryl methyl sites for hydroxylation is 1. The van der Waals surface area contributed by atoms with Crippen LogP contribution >= 0.6 is 27.3 Å². The number of thiophene rings is 1. The molecule has 1 atom stereocenters. The predicted octanol–water partition coefficient (Wildman–Crippen LogP) is 5.05. The van der Waals surface area contributed by atoms with Crippen molar-refractivity contribution in [2.24, 2.45) is 0 Å².